The van der Waals surface area contributed by atoms with Crippen LogP contribution in [0.25, 0.3) is 5.69 Å². The number of rotatable bonds is 2. The first-order chi connectivity index (χ1) is 14.7. The van der Waals surface area contributed by atoms with Gasteiger partial charge in [-0.3, -0.25) is 14.7 Å². The Morgan fingerprint density at radius 3 is 2.67 bits per heavy atom. The average Bonchev–Trinajstić information content (AvgIpc) is 3.37. The zero-order valence-corrected chi connectivity index (χ0v) is 16.1. The van der Waals surface area contributed by atoms with Crippen LogP contribution in [0.1, 0.15) is 36.3 Å². The highest BCUT2D eigenvalue weighted by Gasteiger charge is 2.39. The highest BCUT2D eigenvalue weighted by atomic mass is 16.7. The smallest absolute Gasteiger partial charge is 0.277 e. The summed E-state index contributed by atoms with van der Waals surface area (Å²) in [6.45, 7) is 0.175. The minimum Gasteiger partial charge on any atom is -0.454 e. The standard InChI is InChI=1S/C23H19N3O4/c27-16-8-4-7-15-20(16)19(13-9-10-17-18(11-13)30-12-29-17)21-22(24-15)25-26(23(21)28)14-5-2-1-3-6-14/h1-3,5-6,9-11,19,24-25H,4,7-8,12H2/t19-/m1/s1. The molecule has 0 amide bonds. The van der Waals surface area contributed by atoms with Crippen LogP contribution >= 0.6 is 0 Å². The Morgan fingerprint density at radius 1 is 0.967 bits per heavy atom. The van der Waals surface area contributed by atoms with Crippen LogP contribution < -0.4 is 20.3 Å². The molecular formula is C23H19N3O4. The number of ketones is 1. The number of allylic oxidation sites excluding steroid dienone is 2. The molecule has 3 aromatic rings. The number of H-pyrrole nitrogens is 1. The van der Waals surface area contributed by atoms with E-state index in [2.05, 4.69) is 10.4 Å². The van der Waals surface area contributed by atoms with E-state index in [0.29, 0.717) is 34.9 Å². The van der Waals surface area contributed by atoms with Crippen LogP contribution in [0, 0.1) is 0 Å². The zero-order valence-electron chi connectivity index (χ0n) is 16.1. The highest BCUT2D eigenvalue weighted by molar-refractivity contribution is 6.01. The third-order valence-corrected chi connectivity index (χ3v) is 5.98. The van der Waals surface area contributed by atoms with Gasteiger partial charge in [-0.05, 0) is 42.7 Å². The van der Waals surface area contributed by atoms with Crippen molar-refractivity contribution in [3.63, 3.8) is 0 Å². The number of aromatic nitrogens is 2. The van der Waals surface area contributed by atoms with Gasteiger partial charge in [-0.25, -0.2) is 4.68 Å². The van der Waals surface area contributed by atoms with Crippen molar-refractivity contribution in [2.45, 2.75) is 25.2 Å². The van der Waals surface area contributed by atoms with Crippen LogP contribution in [0.2, 0.25) is 0 Å². The Labute approximate surface area is 171 Å². The maximum atomic E-state index is 13.5. The van der Waals surface area contributed by atoms with Gasteiger partial charge in [0.05, 0.1) is 11.3 Å². The van der Waals surface area contributed by atoms with E-state index in [1.54, 1.807) is 0 Å². The summed E-state index contributed by atoms with van der Waals surface area (Å²) < 4.78 is 12.5. The summed E-state index contributed by atoms with van der Waals surface area (Å²) in [4.78, 5) is 26.5. The summed E-state index contributed by atoms with van der Waals surface area (Å²) in [5, 5.41) is 6.55. The van der Waals surface area contributed by atoms with E-state index < -0.39 is 5.92 Å². The van der Waals surface area contributed by atoms with Crippen molar-refractivity contribution in [2.75, 3.05) is 12.1 Å². The van der Waals surface area contributed by atoms with E-state index in [9.17, 15) is 9.59 Å². The van der Waals surface area contributed by atoms with Crippen LogP contribution in [0.15, 0.2) is 64.6 Å². The SMILES string of the molecule is O=C1CCCC2=C1[C@@H](c1ccc3c(c1)OCO3)c1c([nH]n(-c3ccccc3)c1=O)N2. The first-order valence-electron chi connectivity index (χ1n) is 10.0. The Morgan fingerprint density at radius 2 is 1.80 bits per heavy atom. The van der Waals surface area contributed by atoms with Crippen LogP contribution in [0.4, 0.5) is 5.82 Å². The van der Waals surface area contributed by atoms with E-state index in [1.807, 2.05) is 48.5 Å². The molecule has 2 aliphatic heterocycles. The molecule has 2 aromatic carbocycles. The average molecular weight is 401 g/mol. The van der Waals surface area contributed by atoms with Crippen molar-refractivity contribution in [2.24, 2.45) is 0 Å². The fourth-order valence-electron chi connectivity index (χ4n) is 4.62. The summed E-state index contributed by atoms with van der Waals surface area (Å²) in [7, 11) is 0. The lowest BCUT2D eigenvalue weighted by Crippen LogP contribution is -2.29. The molecule has 30 heavy (non-hydrogen) atoms. The summed E-state index contributed by atoms with van der Waals surface area (Å²) in [5.41, 5.74) is 3.54. The van der Waals surface area contributed by atoms with Gasteiger partial charge in [-0.1, -0.05) is 24.3 Å². The molecule has 2 N–H and O–H groups in total. The number of carbonyl (C=O) groups is 1. The lowest BCUT2D eigenvalue weighted by atomic mass is 9.77. The third kappa shape index (κ3) is 2.45. The largest absolute Gasteiger partial charge is 0.454 e. The van der Waals surface area contributed by atoms with E-state index >= 15 is 0 Å². The minimum absolute atomic E-state index is 0.0870. The predicted octanol–water partition coefficient (Wildman–Crippen LogP) is 3.46. The van der Waals surface area contributed by atoms with Gasteiger partial charge in [-0.2, -0.15) is 0 Å². The number of anilines is 1. The summed E-state index contributed by atoms with van der Waals surface area (Å²) in [6.07, 6.45) is 2.08. The van der Waals surface area contributed by atoms with E-state index in [-0.39, 0.29) is 18.1 Å². The molecule has 0 bridgehead atoms. The van der Waals surface area contributed by atoms with Gasteiger partial charge in [0, 0.05) is 23.6 Å². The molecule has 0 saturated heterocycles. The first kappa shape index (κ1) is 17.1. The Balaban J connectivity index is 1.58. The molecule has 6 rings (SSSR count). The second kappa shape index (κ2) is 6.38. The minimum atomic E-state index is -0.452. The molecule has 0 unspecified atom stereocenters. The summed E-state index contributed by atoms with van der Waals surface area (Å²) in [6, 6.07) is 15.1. The molecule has 7 heteroatoms. The number of para-hydroxylation sites is 1. The Bertz CT molecular complexity index is 1270. The monoisotopic (exact) mass is 401 g/mol. The molecule has 150 valence electrons. The molecular weight excluding hydrogens is 382 g/mol. The third-order valence-electron chi connectivity index (χ3n) is 5.98. The number of hydrogen-bond acceptors (Lipinski definition) is 5. The topological polar surface area (TPSA) is 85.3 Å². The fraction of sp³-hybridized carbons (Fsp3) is 0.217. The predicted molar refractivity (Wildman–Crippen MR) is 110 cm³/mol. The number of carbonyl (C=O) groups excluding carboxylic acids is 1. The number of nitrogens with zero attached hydrogens (tertiary/aromatic N) is 1. The molecule has 0 fully saturated rings. The molecule has 1 atom stereocenters. The van der Waals surface area contributed by atoms with Gasteiger partial charge < -0.3 is 14.8 Å². The molecule has 1 aliphatic carbocycles. The van der Waals surface area contributed by atoms with E-state index in [0.717, 1.165) is 29.8 Å². The van der Waals surface area contributed by atoms with Gasteiger partial charge in [0.2, 0.25) is 6.79 Å². The number of ether oxygens (including phenoxy) is 2. The van der Waals surface area contributed by atoms with Crippen molar-refractivity contribution < 1.29 is 14.3 Å². The second-order valence-corrected chi connectivity index (χ2v) is 7.72. The number of benzene rings is 2. The normalized spacial score (nSPS) is 19.3. The number of hydrogen-bond donors (Lipinski definition) is 2. The molecule has 1 aromatic heterocycles. The van der Waals surface area contributed by atoms with E-state index in [1.165, 1.54) is 4.68 Å². The molecule has 0 radical (unpaired) electrons. The van der Waals surface area contributed by atoms with Crippen molar-refractivity contribution in [1.82, 2.24) is 9.78 Å². The van der Waals surface area contributed by atoms with Crippen molar-refractivity contribution in [1.29, 1.82) is 0 Å². The van der Waals surface area contributed by atoms with Crippen LogP contribution in [0.5, 0.6) is 11.5 Å². The Hall–Kier alpha value is -3.74. The summed E-state index contributed by atoms with van der Waals surface area (Å²) >= 11 is 0. The quantitative estimate of drug-likeness (QED) is 0.687. The Kier molecular flexibility index (Phi) is 3.65. The van der Waals surface area contributed by atoms with Gasteiger partial charge >= 0.3 is 0 Å². The molecule has 0 spiro atoms. The second-order valence-electron chi connectivity index (χ2n) is 7.72. The van der Waals surface area contributed by atoms with Gasteiger partial charge in [0.1, 0.15) is 5.82 Å². The zero-order chi connectivity index (χ0) is 20.2. The molecule has 3 heterocycles. The molecule has 7 nitrogen and oxygen atoms in total. The number of nitrogens with one attached hydrogen (secondary N) is 2. The van der Waals surface area contributed by atoms with Crippen LogP contribution in [-0.2, 0) is 4.79 Å². The van der Waals surface area contributed by atoms with Crippen molar-refractivity contribution in [3.05, 3.63) is 81.3 Å². The molecule has 3 aliphatic rings. The van der Waals surface area contributed by atoms with Gasteiger partial charge in [0.25, 0.3) is 5.56 Å². The lowest BCUT2D eigenvalue weighted by Gasteiger charge is -2.31. The van der Waals surface area contributed by atoms with Crippen LogP contribution in [0.3, 0.4) is 0 Å². The van der Waals surface area contributed by atoms with Gasteiger partial charge in [-0.15, -0.1) is 0 Å². The van der Waals surface area contributed by atoms with Crippen LogP contribution in [-0.4, -0.2) is 22.4 Å². The first-order valence-corrected chi connectivity index (χ1v) is 10.0. The highest BCUT2D eigenvalue weighted by Crippen LogP contribution is 2.45. The fourth-order valence-corrected chi connectivity index (χ4v) is 4.62. The lowest BCUT2D eigenvalue weighted by molar-refractivity contribution is -0.116. The van der Waals surface area contributed by atoms with Gasteiger partial charge in [0.15, 0.2) is 17.3 Å². The number of fused-ring (bicyclic) bond motifs is 2. The molecule has 0 saturated carbocycles. The van der Waals surface area contributed by atoms with Crippen molar-refractivity contribution in [3.8, 4) is 17.2 Å². The van der Waals surface area contributed by atoms with E-state index in [4.69, 9.17) is 9.47 Å². The summed E-state index contributed by atoms with van der Waals surface area (Å²) in [5.74, 6) is 1.58. The maximum Gasteiger partial charge on any atom is 0.277 e. The number of Topliss-reactive ketones (excluding diaryl/α,β-unsaturated/α-hetero) is 1. The maximum absolute atomic E-state index is 13.5. The number of aromatic amines is 1. The van der Waals surface area contributed by atoms with Crippen molar-refractivity contribution >= 4 is 11.6 Å².